The number of carbonyl (C=O) groups excluding carboxylic acids is 1. The van der Waals surface area contributed by atoms with Crippen LogP contribution in [0.4, 0.5) is 0 Å². The molecular formula is C13H29N3O2. The maximum absolute atomic E-state index is 11.7. The zero-order chi connectivity index (χ0) is 13.8. The van der Waals surface area contributed by atoms with Gasteiger partial charge in [-0.15, -0.1) is 0 Å². The van der Waals surface area contributed by atoms with Gasteiger partial charge in [-0.3, -0.25) is 4.79 Å². The van der Waals surface area contributed by atoms with Gasteiger partial charge in [0.1, 0.15) is 0 Å². The van der Waals surface area contributed by atoms with Crippen LogP contribution in [0.25, 0.3) is 0 Å². The number of unbranched alkanes of at least 4 members (excludes halogenated alkanes) is 1. The zero-order valence-corrected chi connectivity index (χ0v) is 12.3. The third-order valence-electron chi connectivity index (χ3n) is 2.84. The number of amides is 1. The fourth-order valence-corrected chi connectivity index (χ4v) is 1.46. The van der Waals surface area contributed by atoms with Gasteiger partial charge in [0.05, 0.1) is 12.6 Å². The first-order valence-electron chi connectivity index (χ1n) is 6.80. The molecule has 2 N–H and O–H groups in total. The third kappa shape index (κ3) is 9.39. The van der Waals surface area contributed by atoms with Crippen molar-refractivity contribution in [1.82, 2.24) is 15.5 Å². The van der Waals surface area contributed by atoms with E-state index in [2.05, 4.69) is 22.5 Å². The Morgan fingerprint density at radius 3 is 2.67 bits per heavy atom. The molecule has 0 aromatic carbocycles. The monoisotopic (exact) mass is 259 g/mol. The van der Waals surface area contributed by atoms with E-state index in [1.54, 1.807) is 7.11 Å². The molecule has 0 aromatic heterocycles. The quantitative estimate of drug-likeness (QED) is 0.529. The predicted molar refractivity (Wildman–Crippen MR) is 74.8 cm³/mol. The van der Waals surface area contributed by atoms with Gasteiger partial charge in [-0.05, 0) is 20.4 Å². The molecular weight excluding hydrogens is 230 g/mol. The number of nitrogens with one attached hydrogen (secondary N) is 2. The molecule has 0 aliphatic carbocycles. The first-order valence-corrected chi connectivity index (χ1v) is 6.80. The summed E-state index contributed by atoms with van der Waals surface area (Å²) in [5.74, 6) is 0.0861. The van der Waals surface area contributed by atoms with Crippen LogP contribution in [0, 0.1) is 0 Å². The molecule has 0 heterocycles. The van der Waals surface area contributed by atoms with Crippen molar-refractivity contribution in [1.29, 1.82) is 0 Å². The summed E-state index contributed by atoms with van der Waals surface area (Å²) in [6.07, 6.45) is 2.14. The van der Waals surface area contributed by atoms with Gasteiger partial charge < -0.3 is 20.3 Å². The molecule has 0 aliphatic heterocycles. The highest BCUT2D eigenvalue weighted by Gasteiger charge is 2.10. The van der Waals surface area contributed by atoms with Crippen molar-refractivity contribution in [2.24, 2.45) is 0 Å². The van der Waals surface area contributed by atoms with E-state index >= 15 is 0 Å². The van der Waals surface area contributed by atoms with E-state index in [4.69, 9.17) is 4.74 Å². The number of nitrogens with zero attached hydrogens (tertiary/aromatic N) is 1. The van der Waals surface area contributed by atoms with Crippen LogP contribution in [-0.2, 0) is 9.53 Å². The number of hydrogen-bond donors (Lipinski definition) is 2. The van der Waals surface area contributed by atoms with Crippen LogP contribution in [-0.4, -0.2) is 63.8 Å². The highest BCUT2D eigenvalue weighted by Crippen LogP contribution is 1.87. The van der Waals surface area contributed by atoms with Crippen molar-refractivity contribution in [2.45, 2.75) is 32.7 Å². The van der Waals surface area contributed by atoms with Gasteiger partial charge in [0, 0.05) is 33.3 Å². The fraction of sp³-hybridized carbons (Fsp3) is 0.923. The molecule has 0 rings (SSSR count). The lowest BCUT2D eigenvalue weighted by Crippen LogP contribution is -2.44. The van der Waals surface area contributed by atoms with Crippen molar-refractivity contribution >= 4 is 5.91 Å². The summed E-state index contributed by atoms with van der Waals surface area (Å²) in [5.41, 5.74) is 0. The molecule has 18 heavy (non-hydrogen) atoms. The number of likely N-dealkylation sites (N-methyl/N-ethyl adjacent to an activating group) is 1. The summed E-state index contributed by atoms with van der Waals surface area (Å²) < 4.78 is 5.01. The topological polar surface area (TPSA) is 53.6 Å². The molecule has 1 atom stereocenters. The average molecular weight is 259 g/mol. The van der Waals surface area contributed by atoms with Crippen molar-refractivity contribution in [3.63, 3.8) is 0 Å². The van der Waals surface area contributed by atoms with Gasteiger partial charge in [0.25, 0.3) is 0 Å². The molecule has 1 amide bonds. The Balaban J connectivity index is 3.56. The second-order valence-electron chi connectivity index (χ2n) is 4.62. The van der Waals surface area contributed by atoms with Crippen LogP contribution in [0.3, 0.4) is 0 Å². The van der Waals surface area contributed by atoms with E-state index < -0.39 is 0 Å². The lowest BCUT2D eigenvalue weighted by atomic mass is 10.3. The van der Waals surface area contributed by atoms with Crippen LogP contribution in [0.15, 0.2) is 0 Å². The van der Waals surface area contributed by atoms with Crippen molar-refractivity contribution in [3.05, 3.63) is 0 Å². The van der Waals surface area contributed by atoms with Gasteiger partial charge >= 0.3 is 0 Å². The van der Waals surface area contributed by atoms with E-state index in [9.17, 15) is 4.79 Å². The van der Waals surface area contributed by atoms with E-state index in [0.29, 0.717) is 0 Å². The van der Waals surface area contributed by atoms with Gasteiger partial charge in [0.2, 0.25) is 5.91 Å². The van der Waals surface area contributed by atoms with Gasteiger partial charge in [-0.25, -0.2) is 0 Å². The van der Waals surface area contributed by atoms with Gasteiger partial charge in [0.15, 0.2) is 0 Å². The Morgan fingerprint density at radius 1 is 1.33 bits per heavy atom. The summed E-state index contributed by atoms with van der Waals surface area (Å²) in [5, 5.41) is 6.14. The molecule has 1 unspecified atom stereocenters. The molecule has 0 fully saturated rings. The van der Waals surface area contributed by atoms with Crippen LogP contribution in [0.2, 0.25) is 0 Å². The molecule has 5 heteroatoms. The van der Waals surface area contributed by atoms with Gasteiger partial charge in [-0.1, -0.05) is 13.3 Å². The van der Waals surface area contributed by atoms with E-state index in [1.807, 2.05) is 14.0 Å². The summed E-state index contributed by atoms with van der Waals surface area (Å²) in [7, 11) is 3.75. The third-order valence-corrected chi connectivity index (χ3v) is 2.84. The first kappa shape index (κ1) is 17.4. The summed E-state index contributed by atoms with van der Waals surface area (Å²) in [4.78, 5) is 13.8. The SMILES string of the molecule is CCCCNC(=O)C(C)NCCN(C)CCOC. The predicted octanol–water partition coefficient (Wildman–Crippen LogP) is 0.459. The molecule has 0 bridgehead atoms. The lowest BCUT2D eigenvalue weighted by molar-refractivity contribution is -0.122. The highest BCUT2D eigenvalue weighted by atomic mass is 16.5. The Labute approximate surface area is 111 Å². The molecule has 5 nitrogen and oxygen atoms in total. The molecule has 108 valence electrons. The molecule has 0 aliphatic rings. The first-order chi connectivity index (χ1) is 8.61. The Morgan fingerprint density at radius 2 is 2.06 bits per heavy atom. The number of methoxy groups -OCH3 is 1. The number of carbonyl (C=O) groups is 1. The summed E-state index contributed by atoms with van der Waals surface area (Å²) in [6.45, 7) is 8.16. The standard InChI is InChI=1S/C13H29N3O2/c1-5-6-7-15-13(17)12(2)14-8-9-16(3)10-11-18-4/h12,14H,5-11H2,1-4H3,(H,15,17). The second-order valence-corrected chi connectivity index (χ2v) is 4.62. The number of rotatable bonds is 11. The Bertz CT molecular complexity index is 212. The molecule has 0 aromatic rings. The largest absolute Gasteiger partial charge is 0.383 e. The minimum atomic E-state index is -0.127. The van der Waals surface area contributed by atoms with E-state index in [1.165, 1.54) is 0 Å². The smallest absolute Gasteiger partial charge is 0.236 e. The van der Waals surface area contributed by atoms with Crippen molar-refractivity contribution in [2.75, 3.05) is 46.9 Å². The van der Waals surface area contributed by atoms with Crippen molar-refractivity contribution in [3.8, 4) is 0 Å². The summed E-state index contributed by atoms with van der Waals surface area (Å²) in [6, 6.07) is -0.127. The highest BCUT2D eigenvalue weighted by molar-refractivity contribution is 5.81. The normalized spacial score (nSPS) is 12.7. The van der Waals surface area contributed by atoms with Crippen LogP contribution in [0.5, 0.6) is 0 Å². The van der Waals surface area contributed by atoms with Gasteiger partial charge in [-0.2, -0.15) is 0 Å². The summed E-state index contributed by atoms with van der Waals surface area (Å²) >= 11 is 0. The number of hydrogen-bond acceptors (Lipinski definition) is 4. The zero-order valence-electron chi connectivity index (χ0n) is 12.3. The minimum absolute atomic E-state index is 0.0861. The van der Waals surface area contributed by atoms with Crippen molar-refractivity contribution < 1.29 is 9.53 Å². The molecule has 0 saturated carbocycles. The Kier molecular flexibility index (Phi) is 11.0. The van der Waals surface area contributed by atoms with E-state index in [0.717, 1.165) is 45.6 Å². The van der Waals surface area contributed by atoms with Crippen LogP contribution < -0.4 is 10.6 Å². The maximum atomic E-state index is 11.7. The average Bonchev–Trinajstić information content (AvgIpc) is 2.36. The minimum Gasteiger partial charge on any atom is -0.383 e. The van der Waals surface area contributed by atoms with Crippen LogP contribution in [0.1, 0.15) is 26.7 Å². The molecule has 0 saturated heterocycles. The number of ether oxygens (including phenoxy) is 1. The van der Waals surface area contributed by atoms with E-state index in [-0.39, 0.29) is 11.9 Å². The molecule has 0 spiro atoms. The maximum Gasteiger partial charge on any atom is 0.236 e. The molecule has 0 radical (unpaired) electrons. The van der Waals surface area contributed by atoms with Crippen LogP contribution >= 0.6 is 0 Å². The second kappa shape index (κ2) is 11.4. The fourth-order valence-electron chi connectivity index (χ4n) is 1.46. The lowest BCUT2D eigenvalue weighted by Gasteiger charge is -2.18. The Hall–Kier alpha value is -0.650.